The molecule has 0 aliphatic carbocycles. The van der Waals surface area contributed by atoms with Crippen LogP contribution >= 0.6 is 0 Å². The second kappa shape index (κ2) is 7.31. The van der Waals surface area contributed by atoms with Gasteiger partial charge in [0, 0.05) is 24.1 Å². The highest BCUT2D eigenvalue weighted by molar-refractivity contribution is 6.05. The Balaban J connectivity index is 1.53. The lowest BCUT2D eigenvalue weighted by Crippen LogP contribution is -2.12. The number of imidazole rings is 1. The van der Waals surface area contributed by atoms with Gasteiger partial charge >= 0.3 is 0 Å². The minimum atomic E-state index is -0.188. The Labute approximate surface area is 157 Å². The number of carbonyl (C=O) groups is 1. The van der Waals surface area contributed by atoms with E-state index in [1.54, 1.807) is 18.2 Å². The molecule has 6 heteroatoms. The second-order valence-corrected chi connectivity index (χ2v) is 7.18. The van der Waals surface area contributed by atoms with Crippen LogP contribution in [0.15, 0.2) is 36.4 Å². The van der Waals surface area contributed by atoms with Crippen molar-refractivity contribution in [2.75, 3.05) is 18.5 Å². The number of ether oxygens (including phenoxy) is 2. The largest absolute Gasteiger partial charge is 0.490 e. The number of nitrogens with one attached hydrogen (secondary N) is 2. The predicted octanol–water partition coefficient (Wildman–Crippen LogP) is 4.18. The van der Waals surface area contributed by atoms with Gasteiger partial charge in [-0.3, -0.25) is 4.79 Å². The van der Waals surface area contributed by atoms with Gasteiger partial charge in [0.05, 0.1) is 24.2 Å². The predicted molar refractivity (Wildman–Crippen MR) is 105 cm³/mol. The van der Waals surface area contributed by atoms with Gasteiger partial charge in [0.15, 0.2) is 11.5 Å². The van der Waals surface area contributed by atoms with Crippen molar-refractivity contribution >= 4 is 22.6 Å². The van der Waals surface area contributed by atoms with E-state index >= 15 is 0 Å². The van der Waals surface area contributed by atoms with E-state index in [0.717, 1.165) is 35.4 Å². The molecule has 4 rings (SSSR count). The molecule has 140 valence electrons. The molecule has 27 heavy (non-hydrogen) atoms. The third-order valence-electron chi connectivity index (χ3n) is 4.40. The molecular weight excluding hydrogens is 342 g/mol. The summed E-state index contributed by atoms with van der Waals surface area (Å²) in [5, 5.41) is 2.94. The Morgan fingerprint density at radius 1 is 1.15 bits per heavy atom. The number of hydrogen-bond acceptors (Lipinski definition) is 4. The molecule has 0 unspecified atom stereocenters. The first-order valence-electron chi connectivity index (χ1n) is 9.28. The lowest BCUT2D eigenvalue weighted by atomic mass is 10.1. The van der Waals surface area contributed by atoms with Crippen LogP contribution < -0.4 is 14.8 Å². The molecule has 1 aliphatic rings. The summed E-state index contributed by atoms with van der Waals surface area (Å²) in [6.07, 6.45) is 1.73. The van der Waals surface area contributed by atoms with E-state index in [4.69, 9.17) is 9.47 Å². The summed E-state index contributed by atoms with van der Waals surface area (Å²) >= 11 is 0. The maximum Gasteiger partial charge on any atom is 0.255 e. The first-order chi connectivity index (χ1) is 13.1. The molecule has 0 bridgehead atoms. The highest BCUT2D eigenvalue weighted by Crippen LogP contribution is 2.30. The fourth-order valence-electron chi connectivity index (χ4n) is 3.13. The van der Waals surface area contributed by atoms with Crippen molar-refractivity contribution in [3.8, 4) is 11.5 Å². The summed E-state index contributed by atoms with van der Waals surface area (Å²) in [6.45, 7) is 5.54. The SMILES string of the molecule is CC(C)Cc1nc2ccc(NC(=O)c3ccc4c(c3)OCCCO4)cc2[nH]1. The van der Waals surface area contributed by atoms with Gasteiger partial charge in [-0.05, 0) is 42.3 Å². The van der Waals surface area contributed by atoms with Crippen molar-refractivity contribution in [3.05, 3.63) is 47.8 Å². The normalized spacial score (nSPS) is 13.6. The fourth-order valence-corrected chi connectivity index (χ4v) is 3.13. The van der Waals surface area contributed by atoms with Gasteiger partial charge in [-0.25, -0.2) is 4.98 Å². The molecule has 0 saturated carbocycles. The van der Waals surface area contributed by atoms with Crippen LogP contribution in [0.25, 0.3) is 11.0 Å². The van der Waals surface area contributed by atoms with Crippen LogP contribution in [0.5, 0.6) is 11.5 Å². The number of fused-ring (bicyclic) bond motifs is 2. The van der Waals surface area contributed by atoms with Gasteiger partial charge in [0.1, 0.15) is 5.82 Å². The highest BCUT2D eigenvalue weighted by Gasteiger charge is 2.15. The summed E-state index contributed by atoms with van der Waals surface area (Å²) < 4.78 is 11.3. The summed E-state index contributed by atoms with van der Waals surface area (Å²) in [5.41, 5.74) is 3.07. The minimum Gasteiger partial charge on any atom is -0.490 e. The van der Waals surface area contributed by atoms with E-state index in [1.807, 2.05) is 18.2 Å². The number of aromatic nitrogens is 2. The Morgan fingerprint density at radius 2 is 1.96 bits per heavy atom. The molecule has 1 aliphatic heterocycles. The zero-order valence-corrected chi connectivity index (χ0v) is 15.5. The van der Waals surface area contributed by atoms with Crippen LogP contribution in [0, 0.1) is 5.92 Å². The van der Waals surface area contributed by atoms with E-state index in [2.05, 4.69) is 29.1 Å². The standard InChI is InChI=1S/C21H23N3O3/c1-13(2)10-20-23-16-6-5-15(12-17(16)24-20)22-21(25)14-4-7-18-19(11-14)27-9-3-8-26-18/h4-7,11-13H,3,8-10H2,1-2H3,(H,22,25)(H,23,24). The van der Waals surface area contributed by atoms with Gasteiger partial charge in [-0.1, -0.05) is 13.8 Å². The molecule has 2 N–H and O–H groups in total. The monoisotopic (exact) mass is 365 g/mol. The van der Waals surface area contributed by atoms with E-state index in [9.17, 15) is 4.79 Å². The summed E-state index contributed by atoms with van der Waals surface area (Å²) in [6, 6.07) is 10.9. The van der Waals surface area contributed by atoms with E-state index in [0.29, 0.717) is 36.2 Å². The first kappa shape index (κ1) is 17.4. The zero-order chi connectivity index (χ0) is 18.8. The number of hydrogen-bond donors (Lipinski definition) is 2. The number of benzene rings is 2. The molecule has 1 amide bonds. The van der Waals surface area contributed by atoms with Gasteiger partial charge < -0.3 is 19.8 Å². The lowest BCUT2D eigenvalue weighted by Gasteiger charge is -2.10. The Hall–Kier alpha value is -3.02. The van der Waals surface area contributed by atoms with Crippen molar-refractivity contribution in [1.29, 1.82) is 0 Å². The van der Waals surface area contributed by atoms with Gasteiger partial charge in [0.2, 0.25) is 0 Å². The molecule has 0 atom stereocenters. The molecule has 0 saturated heterocycles. The molecular formula is C21H23N3O3. The summed E-state index contributed by atoms with van der Waals surface area (Å²) in [5.74, 6) is 2.60. The van der Waals surface area contributed by atoms with Gasteiger partial charge in [0.25, 0.3) is 5.91 Å². The molecule has 1 aromatic heterocycles. The van der Waals surface area contributed by atoms with Crippen molar-refractivity contribution in [3.63, 3.8) is 0 Å². The van der Waals surface area contributed by atoms with E-state index in [-0.39, 0.29) is 5.91 Å². The smallest absolute Gasteiger partial charge is 0.255 e. The van der Waals surface area contributed by atoms with Crippen LogP contribution in [0.3, 0.4) is 0 Å². The van der Waals surface area contributed by atoms with Crippen molar-refractivity contribution in [2.45, 2.75) is 26.7 Å². The van der Waals surface area contributed by atoms with Gasteiger partial charge in [-0.2, -0.15) is 0 Å². The number of anilines is 1. The number of H-pyrrole nitrogens is 1. The quantitative estimate of drug-likeness (QED) is 0.727. The number of amides is 1. The molecule has 0 radical (unpaired) electrons. The first-order valence-corrected chi connectivity index (χ1v) is 9.28. The Morgan fingerprint density at radius 3 is 2.78 bits per heavy atom. The van der Waals surface area contributed by atoms with Crippen LogP contribution in [-0.2, 0) is 6.42 Å². The highest BCUT2D eigenvalue weighted by atomic mass is 16.5. The number of rotatable bonds is 4. The molecule has 2 heterocycles. The molecule has 0 fully saturated rings. The van der Waals surface area contributed by atoms with Crippen molar-refractivity contribution in [2.24, 2.45) is 5.92 Å². The second-order valence-electron chi connectivity index (χ2n) is 7.18. The van der Waals surface area contributed by atoms with Crippen LogP contribution in [0.1, 0.15) is 36.5 Å². The molecule has 2 aromatic carbocycles. The minimum absolute atomic E-state index is 0.188. The Bertz CT molecular complexity index is 978. The molecule has 3 aromatic rings. The van der Waals surface area contributed by atoms with Crippen LogP contribution in [-0.4, -0.2) is 29.1 Å². The van der Waals surface area contributed by atoms with Crippen LogP contribution in [0.2, 0.25) is 0 Å². The topological polar surface area (TPSA) is 76.2 Å². The summed E-state index contributed by atoms with van der Waals surface area (Å²) in [4.78, 5) is 20.6. The third-order valence-corrected chi connectivity index (χ3v) is 4.40. The third kappa shape index (κ3) is 3.89. The summed E-state index contributed by atoms with van der Waals surface area (Å²) in [7, 11) is 0. The van der Waals surface area contributed by atoms with E-state index in [1.165, 1.54) is 0 Å². The van der Waals surface area contributed by atoms with Crippen molar-refractivity contribution < 1.29 is 14.3 Å². The fraction of sp³-hybridized carbons (Fsp3) is 0.333. The maximum atomic E-state index is 12.6. The Kier molecular flexibility index (Phi) is 4.71. The maximum absolute atomic E-state index is 12.6. The van der Waals surface area contributed by atoms with Crippen molar-refractivity contribution in [1.82, 2.24) is 9.97 Å². The van der Waals surface area contributed by atoms with Gasteiger partial charge in [-0.15, -0.1) is 0 Å². The van der Waals surface area contributed by atoms with E-state index < -0.39 is 0 Å². The molecule has 0 spiro atoms. The molecule has 6 nitrogen and oxygen atoms in total. The zero-order valence-electron chi connectivity index (χ0n) is 15.5. The van der Waals surface area contributed by atoms with Crippen LogP contribution in [0.4, 0.5) is 5.69 Å². The average molecular weight is 365 g/mol. The number of carbonyl (C=O) groups excluding carboxylic acids is 1. The number of aromatic amines is 1. The number of nitrogens with zero attached hydrogens (tertiary/aromatic N) is 1. The lowest BCUT2D eigenvalue weighted by molar-refractivity contribution is 0.102. The average Bonchev–Trinajstić information content (AvgIpc) is 2.87.